The van der Waals surface area contributed by atoms with Crippen LogP contribution in [0.1, 0.15) is 18.9 Å². The lowest BCUT2D eigenvalue weighted by Crippen LogP contribution is -2.33. The first-order chi connectivity index (χ1) is 14.2. The second-order valence-electron chi connectivity index (χ2n) is 6.81. The van der Waals surface area contributed by atoms with Gasteiger partial charge in [-0.1, -0.05) is 36.7 Å². The first-order valence-electron chi connectivity index (χ1n) is 9.18. The lowest BCUT2D eigenvalue weighted by Gasteiger charge is -2.32. The maximum absolute atomic E-state index is 11.9. The molecule has 0 fully saturated rings. The molecular formula is C21H22ClN3O4S. The summed E-state index contributed by atoms with van der Waals surface area (Å²) in [6.45, 7) is 1.97. The normalized spacial score (nSPS) is 14.0. The highest BCUT2D eigenvalue weighted by Gasteiger charge is 2.33. The number of benzene rings is 2. The number of carbonyl (C=O) groups excluding carboxylic acids is 1. The molecule has 3 aromatic rings. The zero-order chi connectivity index (χ0) is 21.9. The highest BCUT2D eigenvalue weighted by Crippen LogP contribution is 2.36. The molecule has 158 valence electrons. The second-order valence-corrected chi connectivity index (χ2v) is 9.00. The number of ether oxygens (including phenoxy) is 1. The monoisotopic (exact) mass is 447 g/mol. The van der Waals surface area contributed by atoms with E-state index in [0.717, 1.165) is 11.8 Å². The van der Waals surface area contributed by atoms with Crippen molar-refractivity contribution in [2.24, 2.45) is 0 Å². The smallest absolute Gasteiger partial charge is 0.330 e. The minimum Gasteiger partial charge on any atom is -0.466 e. The van der Waals surface area contributed by atoms with Crippen LogP contribution in [0.3, 0.4) is 0 Å². The summed E-state index contributed by atoms with van der Waals surface area (Å²) in [7, 11) is -2.14. The number of rotatable bonds is 7. The summed E-state index contributed by atoms with van der Waals surface area (Å²) in [4.78, 5) is 11.9. The van der Waals surface area contributed by atoms with Gasteiger partial charge in [-0.3, -0.25) is 9.40 Å². The first kappa shape index (κ1) is 21.9. The molecule has 0 aliphatic rings. The summed E-state index contributed by atoms with van der Waals surface area (Å²) in [6.07, 6.45) is 6.37. The van der Waals surface area contributed by atoms with Crippen LogP contribution in [-0.4, -0.2) is 37.5 Å². The second kappa shape index (κ2) is 8.49. The number of nitrogens with zero attached hydrogens (tertiary/aromatic N) is 2. The highest BCUT2D eigenvalue weighted by molar-refractivity contribution is 7.92. The number of hydrogen-bond donors (Lipinski definition) is 1. The topological polar surface area (TPSA) is 90.3 Å². The fraction of sp³-hybridized carbons (Fsp3) is 0.238. The van der Waals surface area contributed by atoms with Crippen molar-refractivity contribution in [3.63, 3.8) is 0 Å². The Morgan fingerprint density at radius 3 is 2.57 bits per heavy atom. The molecule has 1 atom stereocenters. The third kappa shape index (κ3) is 4.34. The number of sulfonamides is 1. The molecule has 1 heterocycles. The zero-order valence-electron chi connectivity index (χ0n) is 16.8. The van der Waals surface area contributed by atoms with E-state index in [9.17, 15) is 13.2 Å². The van der Waals surface area contributed by atoms with Crippen LogP contribution in [0.15, 0.2) is 60.8 Å². The molecule has 0 bridgehead atoms. The standard InChI is InChI=1S/C21H22ClN3O4S/c1-4-21(13-12-20(26)29-2,15-8-10-16(22)11-9-15)25-19-7-5-6-18(17(19)14-23-25)24-30(3,27)28/h5-14,24H,4H2,1-3H3/b13-12+. The maximum atomic E-state index is 11.9. The van der Waals surface area contributed by atoms with Crippen LogP contribution < -0.4 is 4.72 Å². The van der Waals surface area contributed by atoms with Crippen molar-refractivity contribution in [2.45, 2.75) is 18.9 Å². The van der Waals surface area contributed by atoms with Crippen LogP contribution in [0.4, 0.5) is 5.69 Å². The fourth-order valence-electron chi connectivity index (χ4n) is 3.43. The molecule has 0 aliphatic heterocycles. The number of halogens is 1. The Morgan fingerprint density at radius 1 is 1.27 bits per heavy atom. The van der Waals surface area contributed by atoms with Gasteiger partial charge >= 0.3 is 5.97 Å². The fourth-order valence-corrected chi connectivity index (χ4v) is 4.13. The summed E-state index contributed by atoms with van der Waals surface area (Å²) in [5.74, 6) is -0.488. The van der Waals surface area contributed by atoms with Gasteiger partial charge < -0.3 is 4.74 Å². The van der Waals surface area contributed by atoms with Gasteiger partial charge in [0, 0.05) is 16.5 Å². The molecule has 2 aromatic carbocycles. The molecule has 1 N–H and O–H groups in total. The van der Waals surface area contributed by atoms with Gasteiger partial charge in [0.2, 0.25) is 10.0 Å². The molecule has 9 heteroatoms. The van der Waals surface area contributed by atoms with Gasteiger partial charge in [-0.25, -0.2) is 13.2 Å². The van der Waals surface area contributed by atoms with Crippen molar-refractivity contribution < 1.29 is 17.9 Å². The molecular weight excluding hydrogens is 426 g/mol. The summed E-state index contributed by atoms with van der Waals surface area (Å²) in [5, 5.41) is 5.81. The van der Waals surface area contributed by atoms with Crippen LogP contribution in [0.2, 0.25) is 5.02 Å². The first-order valence-corrected chi connectivity index (χ1v) is 11.5. The SMILES string of the molecule is CCC(/C=C/C(=O)OC)(c1ccc(Cl)cc1)n1ncc2c(NS(C)(=O)=O)cccc21. The van der Waals surface area contributed by atoms with E-state index in [1.54, 1.807) is 41.2 Å². The van der Waals surface area contributed by atoms with Crippen molar-refractivity contribution in [1.29, 1.82) is 0 Å². The van der Waals surface area contributed by atoms with E-state index >= 15 is 0 Å². The van der Waals surface area contributed by atoms with Crippen LogP contribution in [0.25, 0.3) is 10.9 Å². The lowest BCUT2D eigenvalue weighted by molar-refractivity contribution is -0.134. The molecule has 0 aliphatic carbocycles. The van der Waals surface area contributed by atoms with Crippen molar-refractivity contribution in [3.05, 3.63) is 71.4 Å². The highest BCUT2D eigenvalue weighted by atomic mass is 35.5. The molecule has 30 heavy (non-hydrogen) atoms. The van der Waals surface area contributed by atoms with E-state index in [2.05, 4.69) is 9.82 Å². The third-order valence-electron chi connectivity index (χ3n) is 4.87. The van der Waals surface area contributed by atoms with E-state index in [0.29, 0.717) is 28.0 Å². The Balaban J connectivity index is 2.27. The molecule has 0 radical (unpaired) electrons. The number of anilines is 1. The Labute approximate surface area is 180 Å². The molecule has 1 aromatic heterocycles. The molecule has 0 amide bonds. The molecule has 1 unspecified atom stereocenters. The minimum atomic E-state index is -3.46. The lowest BCUT2D eigenvalue weighted by atomic mass is 9.86. The van der Waals surface area contributed by atoms with Crippen LogP contribution in [0, 0.1) is 0 Å². The van der Waals surface area contributed by atoms with Crippen LogP contribution in [-0.2, 0) is 25.1 Å². The van der Waals surface area contributed by atoms with E-state index < -0.39 is 21.5 Å². The van der Waals surface area contributed by atoms with Gasteiger partial charge in [0.25, 0.3) is 0 Å². The Bertz CT molecular complexity index is 1200. The van der Waals surface area contributed by atoms with Gasteiger partial charge in [-0.15, -0.1) is 0 Å². The van der Waals surface area contributed by atoms with E-state index in [-0.39, 0.29) is 0 Å². The van der Waals surface area contributed by atoms with Gasteiger partial charge in [0.05, 0.1) is 30.8 Å². The number of methoxy groups -OCH3 is 1. The van der Waals surface area contributed by atoms with E-state index in [4.69, 9.17) is 16.3 Å². The summed E-state index contributed by atoms with van der Waals surface area (Å²) in [6, 6.07) is 12.6. The predicted molar refractivity (Wildman–Crippen MR) is 118 cm³/mol. The summed E-state index contributed by atoms with van der Waals surface area (Å²) >= 11 is 6.08. The van der Waals surface area contributed by atoms with Crippen LogP contribution >= 0.6 is 11.6 Å². The average Bonchev–Trinajstić information content (AvgIpc) is 3.14. The zero-order valence-corrected chi connectivity index (χ0v) is 18.4. The number of aromatic nitrogens is 2. The van der Waals surface area contributed by atoms with E-state index in [1.807, 2.05) is 25.1 Å². The summed E-state index contributed by atoms with van der Waals surface area (Å²) in [5.41, 5.74) is 1.17. The molecule has 0 spiro atoms. The van der Waals surface area contributed by atoms with Crippen LogP contribution in [0.5, 0.6) is 0 Å². The molecule has 3 rings (SSSR count). The molecule has 0 saturated carbocycles. The average molecular weight is 448 g/mol. The molecule has 7 nitrogen and oxygen atoms in total. The number of hydrogen-bond acceptors (Lipinski definition) is 5. The minimum absolute atomic E-state index is 0.430. The number of allylic oxidation sites excluding steroid dienone is 1. The van der Waals surface area contributed by atoms with Gasteiger partial charge in [-0.05, 0) is 42.3 Å². The predicted octanol–water partition coefficient (Wildman–Crippen LogP) is 3.94. The van der Waals surface area contributed by atoms with Crippen molar-refractivity contribution in [2.75, 3.05) is 18.1 Å². The van der Waals surface area contributed by atoms with Gasteiger partial charge in [0.1, 0.15) is 5.54 Å². The Morgan fingerprint density at radius 2 is 1.97 bits per heavy atom. The van der Waals surface area contributed by atoms with Crippen molar-refractivity contribution >= 4 is 44.2 Å². The van der Waals surface area contributed by atoms with Crippen molar-refractivity contribution in [3.8, 4) is 0 Å². The number of nitrogens with one attached hydrogen (secondary N) is 1. The maximum Gasteiger partial charge on any atom is 0.330 e. The van der Waals surface area contributed by atoms with Gasteiger partial charge in [0.15, 0.2) is 0 Å². The number of fused-ring (bicyclic) bond motifs is 1. The Kier molecular flexibility index (Phi) is 6.19. The third-order valence-corrected chi connectivity index (χ3v) is 5.71. The molecule has 0 saturated heterocycles. The number of carbonyl (C=O) groups is 1. The quantitative estimate of drug-likeness (QED) is 0.437. The van der Waals surface area contributed by atoms with Gasteiger partial charge in [-0.2, -0.15) is 5.10 Å². The largest absolute Gasteiger partial charge is 0.466 e. The summed E-state index contributed by atoms with van der Waals surface area (Å²) < 4.78 is 32.6. The Hall–Kier alpha value is -2.84. The van der Waals surface area contributed by atoms with E-state index in [1.165, 1.54) is 13.2 Å². The van der Waals surface area contributed by atoms with Crippen molar-refractivity contribution in [1.82, 2.24) is 9.78 Å². The number of esters is 1.